The lowest BCUT2D eigenvalue weighted by Gasteiger charge is -2.01. The Bertz CT molecular complexity index is 534. The fraction of sp³-hybridized carbons (Fsp3) is 0.111. The molecule has 0 saturated carbocycles. The predicted octanol–water partition coefficient (Wildman–Crippen LogP) is 1.74. The van der Waals surface area contributed by atoms with Gasteiger partial charge < -0.3 is 5.73 Å². The van der Waals surface area contributed by atoms with Gasteiger partial charge in [0.25, 0.3) is 5.56 Å². The van der Waals surface area contributed by atoms with Gasteiger partial charge in [0.15, 0.2) is 0 Å². The molecule has 2 N–H and O–H groups in total. The molecule has 2 aromatic rings. The van der Waals surface area contributed by atoms with Gasteiger partial charge in [0.05, 0.1) is 9.21 Å². The standard InChI is InChI=1S/C9H8ClN3OS/c1-13-9(14)5(11)4-6(12-13)7-2-3-8(10)15-7/h2-4H,11H2,1H3. The molecule has 2 aromatic heterocycles. The molecule has 0 fully saturated rings. The van der Waals surface area contributed by atoms with Crippen LogP contribution < -0.4 is 11.3 Å². The number of nitrogen functional groups attached to an aromatic ring is 1. The summed E-state index contributed by atoms with van der Waals surface area (Å²) in [7, 11) is 1.57. The van der Waals surface area contributed by atoms with E-state index >= 15 is 0 Å². The van der Waals surface area contributed by atoms with E-state index in [1.54, 1.807) is 19.2 Å². The first-order chi connectivity index (χ1) is 7.08. The maximum Gasteiger partial charge on any atom is 0.289 e. The van der Waals surface area contributed by atoms with E-state index in [9.17, 15) is 4.79 Å². The van der Waals surface area contributed by atoms with Crippen LogP contribution in [0.5, 0.6) is 0 Å². The molecule has 0 aliphatic heterocycles. The predicted molar refractivity (Wildman–Crippen MR) is 62.2 cm³/mol. The molecule has 0 radical (unpaired) electrons. The quantitative estimate of drug-likeness (QED) is 0.827. The molecule has 15 heavy (non-hydrogen) atoms. The Balaban J connectivity index is 2.60. The summed E-state index contributed by atoms with van der Waals surface area (Å²) in [6.45, 7) is 0. The second-order valence-corrected chi connectivity index (χ2v) is 4.73. The van der Waals surface area contributed by atoms with Gasteiger partial charge in [0.2, 0.25) is 0 Å². The number of anilines is 1. The van der Waals surface area contributed by atoms with E-state index in [0.717, 1.165) is 4.88 Å². The average Bonchev–Trinajstić information content (AvgIpc) is 2.60. The van der Waals surface area contributed by atoms with Crippen molar-refractivity contribution in [1.29, 1.82) is 0 Å². The molecule has 0 aliphatic rings. The highest BCUT2D eigenvalue weighted by Gasteiger charge is 2.07. The zero-order chi connectivity index (χ0) is 11.0. The molecule has 0 spiro atoms. The van der Waals surface area contributed by atoms with Crippen molar-refractivity contribution in [2.75, 3.05) is 5.73 Å². The third-order valence-electron chi connectivity index (χ3n) is 1.92. The minimum atomic E-state index is -0.290. The van der Waals surface area contributed by atoms with Gasteiger partial charge in [-0.15, -0.1) is 11.3 Å². The van der Waals surface area contributed by atoms with Crippen LogP contribution in [0.1, 0.15) is 0 Å². The molecule has 6 heteroatoms. The van der Waals surface area contributed by atoms with Crippen molar-refractivity contribution >= 4 is 28.6 Å². The van der Waals surface area contributed by atoms with Crippen LogP contribution in [-0.2, 0) is 7.05 Å². The molecule has 4 nitrogen and oxygen atoms in total. The van der Waals surface area contributed by atoms with Crippen LogP contribution in [0.4, 0.5) is 5.69 Å². The summed E-state index contributed by atoms with van der Waals surface area (Å²) in [6, 6.07) is 5.19. The largest absolute Gasteiger partial charge is 0.394 e. The first kappa shape index (κ1) is 10.2. The summed E-state index contributed by atoms with van der Waals surface area (Å²) >= 11 is 7.21. The molecule has 0 aromatic carbocycles. The minimum Gasteiger partial charge on any atom is -0.394 e. The lowest BCUT2D eigenvalue weighted by Crippen LogP contribution is -2.22. The van der Waals surface area contributed by atoms with E-state index in [1.165, 1.54) is 16.0 Å². The number of rotatable bonds is 1. The molecule has 0 bridgehead atoms. The van der Waals surface area contributed by atoms with Crippen LogP contribution in [0.25, 0.3) is 10.6 Å². The number of aryl methyl sites for hydroxylation is 1. The second-order valence-electron chi connectivity index (χ2n) is 3.02. The van der Waals surface area contributed by atoms with Crippen molar-refractivity contribution in [2.45, 2.75) is 0 Å². The smallest absolute Gasteiger partial charge is 0.289 e. The number of hydrogen-bond acceptors (Lipinski definition) is 4. The number of nitrogens with two attached hydrogens (primary N) is 1. The van der Waals surface area contributed by atoms with Gasteiger partial charge >= 0.3 is 0 Å². The van der Waals surface area contributed by atoms with E-state index in [4.69, 9.17) is 17.3 Å². The van der Waals surface area contributed by atoms with Crippen molar-refractivity contribution in [3.8, 4) is 10.6 Å². The highest BCUT2D eigenvalue weighted by Crippen LogP contribution is 2.29. The van der Waals surface area contributed by atoms with Crippen molar-refractivity contribution in [2.24, 2.45) is 7.05 Å². The molecular formula is C9H8ClN3OS. The van der Waals surface area contributed by atoms with Gasteiger partial charge in [-0.2, -0.15) is 5.10 Å². The lowest BCUT2D eigenvalue weighted by atomic mass is 10.3. The Labute approximate surface area is 94.9 Å². The van der Waals surface area contributed by atoms with E-state index in [1.807, 2.05) is 6.07 Å². The van der Waals surface area contributed by atoms with E-state index in [-0.39, 0.29) is 11.2 Å². The molecule has 78 valence electrons. The van der Waals surface area contributed by atoms with E-state index in [2.05, 4.69) is 5.10 Å². The number of aromatic nitrogens is 2. The van der Waals surface area contributed by atoms with Crippen LogP contribution in [-0.4, -0.2) is 9.78 Å². The van der Waals surface area contributed by atoms with E-state index in [0.29, 0.717) is 10.0 Å². The fourth-order valence-corrected chi connectivity index (χ4v) is 2.20. The van der Waals surface area contributed by atoms with Gasteiger partial charge in [-0.05, 0) is 18.2 Å². The lowest BCUT2D eigenvalue weighted by molar-refractivity contribution is 0.716. The Morgan fingerprint density at radius 2 is 2.27 bits per heavy atom. The highest BCUT2D eigenvalue weighted by molar-refractivity contribution is 7.19. The van der Waals surface area contributed by atoms with Gasteiger partial charge in [0.1, 0.15) is 11.4 Å². The first-order valence-electron chi connectivity index (χ1n) is 4.17. The second kappa shape index (κ2) is 3.67. The third-order valence-corrected chi connectivity index (χ3v) is 3.17. The SMILES string of the molecule is Cn1nc(-c2ccc(Cl)s2)cc(N)c1=O. The van der Waals surface area contributed by atoms with Gasteiger partial charge in [0, 0.05) is 7.05 Å². The molecule has 2 heterocycles. The summed E-state index contributed by atoms with van der Waals surface area (Å²) in [4.78, 5) is 12.2. The zero-order valence-corrected chi connectivity index (χ0v) is 9.47. The van der Waals surface area contributed by atoms with Crippen LogP contribution >= 0.6 is 22.9 Å². The van der Waals surface area contributed by atoms with Gasteiger partial charge in [-0.25, -0.2) is 4.68 Å². The molecule has 0 amide bonds. The molecular weight excluding hydrogens is 234 g/mol. The van der Waals surface area contributed by atoms with Crippen molar-refractivity contribution in [3.63, 3.8) is 0 Å². The number of thiophene rings is 1. The first-order valence-corrected chi connectivity index (χ1v) is 5.37. The molecule has 2 rings (SSSR count). The van der Waals surface area contributed by atoms with Gasteiger partial charge in [-0.3, -0.25) is 4.79 Å². The zero-order valence-electron chi connectivity index (χ0n) is 7.90. The van der Waals surface area contributed by atoms with Crippen molar-refractivity contribution in [1.82, 2.24) is 9.78 Å². The summed E-state index contributed by atoms with van der Waals surface area (Å²) in [5.74, 6) is 0. The minimum absolute atomic E-state index is 0.187. The summed E-state index contributed by atoms with van der Waals surface area (Å²) in [5.41, 5.74) is 6.12. The maximum atomic E-state index is 11.3. The van der Waals surface area contributed by atoms with Crippen molar-refractivity contribution in [3.05, 3.63) is 32.9 Å². The topological polar surface area (TPSA) is 60.9 Å². The Hall–Kier alpha value is -1.33. The molecule has 0 atom stereocenters. The van der Waals surface area contributed by atoms with Crippen molar-refractivity contribution < 1.29 is 0 Å². The van der Waals surface area contributed by atoms with Crippen LogP contribution in [0.15, 0.2) is 23.0 Å². The number of halogens is 1. The summed E-state index contributed by atoms with van der Waals surface area (Å²) < 4.78 is 1.90. The monoisotopic (exact) mass is 241 g/mol. The molecule has 0 unspecified atom stereocenters. The summed E-state index contributed by atoms with van der Waals surface area (Å²) in [6.07, 6.45) is 0. The summed E-state index contributed by atoms with van der Waals surface area (Å²) in [5, 5.41) is 4.09. The van der Waals surface area contributed by atoms with Crippen LogP contribution in [0.2, 0.25) is 4.34 Å². The highest BCUT2D eigenvalue weighted by atomic mass is 35.5. The fourth-order valence-electron chi connectivity index (χ4n) is 1.20. The normalized spacial score (nSPS) is 10.5. The molecule has 0 aliphatic carbocycles. The Kier molecular flexibility index (Phi) is 2.50. The molecule has 0 saturated heterocycles. The number of nitrogens with zero attached hydrogens (tertiary/aromatic N) is 2. The van der Waals surface area contributed by atoms with Crippen LogP contribution in [0, 0.1) is 0 Å². The van der Waals surface area contributed by atoms with Gasteiger partial charge in [-0.1, -0.05) is 11.6 Å². The Morgan fingerprint density at radius 3 is 2.80 bits per heavy atom. The maximum absolute atomic E-state index is 11.3. The Morgan fingerprint density at radius 1 is 1.53 bits per heavy atom. The van der Waals surface area contributed by atoms with Crippen LogP contribution in [0.3, 0.4) is 0 Å². The average molecular weight is 242 g/mol. The van der Waals surface area contributed by atoms with E-state index < -0.39 is 0 Å². The third kappa shape index (κ3) is 1.88. The number of hydrogen-bond donors (Lipinski definition) is 1.